The standard InChI is InChI=1S/C17H18ClN3O3/c1-11-13(17(18)21(2)20-11)5-7-16(22)19-12-4-6-14-15(10-12)24-9-3-8-23-14/h4-7,10H,3,8-9H2,1-2H3,(H,19,22)/b7-5+. The molecule has 0 atom stereocenters. The van der Waals surface area contributed by atoms with Crippen LogP contribution in [0.4, 0.5) is 5.69 Å². The van der Waals surface area contributed by atoms with Crippen molar-refractivity contribution < 1.29 is 14.3 Å². The number of rotatable bonds is 3. The molecular weight excluding hydrogens is 330 g/mol. The monoisotopic (exact) mass is 347 g/mol. The highest BCUT2D eigenvalue weighted by atomic mass is 35.5. The minimum Gasteiger partial charge on any atom is -0.490 e. The lowest BCUT2D eigenvalue weighted by atomic mass is 10.2. The molecule has 1 aromatic heterocycles. The lowest BCUT2D eigenvalue weighted by Crippen LogP contribution is -2.08. The molecule has 1 aliphatic heterocycles. The van der Waals surface area contributed by atoms with Crippen molar-refractivity contribution in [2.75, 3.05) is 18.5 Å². The summed E-state index contributed by atoms with van der Waals surface area (Å²) in [4.78, 5) is 12.1. The van der Waals surface area contributed by atoms with Crippen LogP contribution >= 0.6 is 11.6 Å². The number of ether oxygens (including phenoxy) is 2. The SMILES string of the molecule is Cc1nn(C)c(Cl)c1/C=C/C(=O)Nc1ccc2c(c1)OCCCO2. The lowest BCUT2D eigenvalue weighted by Gasteiger charge is -2.09. The first-order valence-corrected chi connectivity index (χ1v) is 8.00. The van der Waals surface area contributed by atoms with Crippen LogP contribution in [0.1, 0.15) is 17.7 Å². The summed E-state index contributed by atoms with van der Waals surface area (Å²) in [5.74, 6) is 1.07. The van der Waals surface area contributed by atoms with Crippen LogP contribution in [0, 0.1) is 6.92 Å². The van der Waals surface area contributed by atoms with E-state index in [2.05, 4.69) is 10.4 Å². The van der Waals surface area contributed by atoms with E-state index in [1.807, 2.05) is 6.92 Å². The van der Waals surface area contributed by atoms with Crippen LogP contribution in [0.15, 0.2) is 24.3 Å². The number of fused-ring (bicyclic) bond motifs is 1. The Hall–Kier alpha value is -2.47. The first-order valence-electron chi connectivity index (χ1n) is 7.62. The third kappa shape index (κ3) is 3.54. The lowest BCUT2D eigenvalue weighted by molar-refractivity contribution is -0.111. The topological polar surface area (TPSA) is 65.4 Å². The van der Waals surface area contributed by atoms with Gasteiger partial charge in [-0.25, -0.2) is 0 Å². The average molecular weight is 348 g/mol. The Morgan fingerprint density at radius 1 is 1.33 bits per heavy atom. The van der Waals surface area contributed by atoms with E-state index < -0.39 is 0 Å². The summed E-state index contributed by atoms with van der Waals surface area (Å²) >= 11 is 6.14. The van der Waals surface area contributed by atoms with Crippen molar-refractivity contribution in [2.45, 2.75) is 13.3 Å². The molecule has 1 aromatic carbocycles. The average Bonchev–Trinajstić information content (AvgIpc) is 2.72. The summed E-state index contributed by atoms with van der Waals surface area (Å²) in [6.07, 6.45) is 3.92. The second-order valence-corrected chi connectivity index (χ2v) is 5.81. The largest absolute Gasteiger partial charge is 0.490 e. The van der Waals surface area contributed by atoms with Crippen LogP contribution in [0.3, 0.4) is 0 Å². The Bertz CT molecular complexity index is 799. The quantitative estimate of drug-likeness (QED) is 0.866. The van der Waals surface area contributed by atoms with Gasteiger partial charge >= 0.3 is 0 Å². The predicted octanol–water partition coefficient (Wildman–Crippen LogP) is 3.20. The van der Waals surface area contributed by atoms with E-state index >= 15 is 0 Å². The van der Waals surface area contributed by atoms with Gasteiger partial charge in [-0.15, -0.1) is 0 Å². The second kappa shape index (κ2) is 6.97. The number of amides is 1. The molecule has 0 radical (unpaired) electrons. The number of halogens is 1. The number of carbonyl (C=O) groups is 1. The number of hydrogen-bond donors (Lipinski definition) is 1. The molecule has 0 spiro atoms. The van der Waals surface area contributed by atoms with Crippen molar-refractivity contribution in [3.63, 3.8) is 0 Å². The number of carbonyl (C=O) groups excluding carboxylic acids is 1. The number of aromatic nitrogens is 2. The van der Waals surface area contributed by atoms with E-state index in [-0.39, 0.29) is 5.91 Å². The van der Waals surface area contributed by atoms with Gasteiger partial charge in [0.25, 0.3) is 0 Å². The van der Waals surface area contributed by atoms with Crippen LogP contribution in [0.2, 0.25) is 5.15 Å². The normalized spacial score (nSPS) is 13.8. The van der Waals surface area contributed by atoms with Gasteiger partial charge in [0.05, 0.1) is 18.9 Å². The van der Waals surface area contributed by atoms with Crippen molar-refractivity contribution in [3.05, 3.63) is 40.7 Å². The smallest absolute Gasteiger partial charge is 0.248 e. The molecule has 6 nitrogen and oxygen atoms in total. The zero-order chi connectivity index (χ0) is 17.1. The predicted molar refractivity (Wildman–Crippen MR) is 92.7 cm³/mol. The summed E-state index contributed by atoms with van der Waals surface area (Å²) in [6, 6.07) is 5.33. The second-order valence-electron chi connectivity index (χ2n) is 5.45. The molecule has 0 unspecified atom stereocenters. The van der Waals surface area contributed by atoms with Crippen molar-refractivity contribution >= 4 is 29.3 Å². The van der Waals surface area contributed by atoms with Crippen LogP contribution in [-0.4, -0.2) is 28.9 Å². The molecule has 7 heteroatoms. The van der Waals surface area contributed by atoms with Crippen LogP contribution in [0.5, 0.6) is 11.5 Å². The van der Waals surface area contributed by atoms with E-state index in [9.17, 15) is 4.79 Å². The van der Waals surface area contributed by atoms with E-state index in [0.29, 0.717) is 35.6 Å². The van der Waals surface area contributed by atoms with Gasteiger partial charge in [0, 0.05) is 36.9 Å². The zero-order valence-electron chi connectivity index (χ0n) is 13.5. The highest BCUT2D eigenvalue weighted by Crippen LogP contribution is 2.32. The molecule has 1 aliphatic rings. The van der Waals surface area contributed by atoms with Crippen molar-refractivity contribution in [1.29, 1.82) is 0 Å². The molecule has 1 N–H and O–H groups in total. The Balaban J connectivity index is 1.71. The summed E-state index contributed by atoms with van der Waals surface area (Å²) in [6.45, 7) is 3.07. The molecule has 1 amide bonds. The summed E-state index contributed by atoms with van der Waals surface area (Å²) < 4.78 is 12.7. The van der Waals surface area contributed by atoms with E-state index in [1.54, 1.807) is 36.0 Å². The maximum atomic E-state index is 12.1. The third-order valence-electron chi connectivity index (χ3n) is 3.61. The third-order valence-corrected chi connectivity index (χ3v) is 4.06. The van der Waals surface area contributed by atoms with Crippen molar-refractivity contribution in [1.82, 2.24) is 9.78 Å². The van der Waals surface area contributed by atoms with Gasteiger partial charge in [-0.05, 0) is 25.1 Å². The Morgan fingerprint density at radius 2 is 2.08 bits per heavy atom. The fourth-order valence-electron chi connectivity index (χ4n) is 2.42. The Labute approximate surface area is 145 Å². The van der Waals surface area contributed by atoms with Crippen LogP contribution in [0.25, 0.3) is 6.08 Å². The molecule has 126 valence electrons. The molecule has 2 heterocycles. The Morgan fingerprint density at radius 3 is 2.79 bits per heavy atom. The first kappa shape index (κ1) is 16.4. The fraction of sp³-hybridized carbons (Fsp3) is 0.294. The van der Waals surface area contributed by atoms with E-state index in [0.717, 1.165) is 17.7 Å². The first-order chi connectivity index (χ1) is 11.5. The molecule has 0 fully saturated rings. The van der Waals surface area contributed by atoms with Crippen molar-refractivity contribution in [3.8, 4) is 11.5 Å². The van der Waals surface area contributed by atoms with Gasteiger partial charge in [0.15, 0.2) is 11.5 Å². The number of nitrogens with one attached hydrogen (secondary N) is 1. The van der Waals surface area contributed by atoms with E-state index in [1.165, 1.54) is 6.08 Å². The number of nitrogens with zero attached hydrogens (tertiary/aromatic N) is 2. The molecule has 24 heavy (non-hydrogen) atoms. The minimum atomic E-state index is -0.260. The summed E-state index contributed by atoms with van der Waals surface area (Å²) in [5.41, 5.74) is 2.14. The molecule has 3 rings (SSSR count). The summed E-state index contributed by atoms with van der Waals surface area (Å²) in [5, 5.41) is 7.49. The number of benzene rings is 1. The number of anilines is 1. The molecule has 0 aliphatic carbocycles. The molecular formula is C17H18ClN3O3. The minimum absolute atomic E-state index is 0.260. The molecule has 0 saturated carbocycles. The van der Waals surface area contributed by atoms with Gasteiger partial charge < -0.3 is 14.8 Å². The fourth-order valence-corrected chi connectivity index (χ4v) is 2.66. The molecule has 0 bridgehead atoms. The van der Waals surface area contributed by atoms with E-state index in [4.69, 9.17) is 21.1 Å². The maximum Gasteiger partial charge on any atom is 0.248 e. The van der Waals surface area contributed by atoms with Gasteiger partial charge in [-0.3, -0.25) is 9.48 Å². The van der Waals surface area contributed by atoms with Crippen LogP contribution < -0.4 is 14.8 Å². The molecule has 0 saturated heterocycles. The number of hydrogen-bond acceptors (Lipinski definition) is 4. The number of aryl methyl sites for hydroxylation is 2. The van der Waals surface area contributed by atoms with Gasteiger partial charge in [0.2, 0.25) is 5.91 Å². The maximum absolute atomic E-state index is 12.1. The van der Waals surface area contributed by atoms with Gasteiger partial charge in [-0.1, -0.05) is 11.6 Å². The highest BCUT2D eigenvalue weighted by molar-refractivity contribution is 6.31. The highest BCUT2D eigenvalue weighted by Gasteiger charge is 2.12. The van der Waals surface area contributed by atoms with Crippen LogP contribution in [-0.2, 0) is 11.8 Å². The van der Waals surface area contributed by atoms with Crippen molar-refractivity contribution in [2.24, 2.45) is 7.05 Å². The zero-order valence-corrected chi connectivity index (χ0v) is 14.3. The Kier molecular flexibility index (Phi) is 4.76. The van der Waals surface area contributed by atoms with Gasteiger partial charge in [-0.2, -0.15) is 5.10 Å². The van der Waals surface area contributed by atoms with Gasteiger partial charge in [0.1, 0.15) is 5.15 Å². The summed E-state index contributed by atoms with van der Waals surface area (Å²) in [7, 11) is 1.75. The molecule has 2 aromatic rings.